The van der Waals surface area contributed by atoms with Crippen LogP contribution in [0.2, 0.25) is 0 Å². The van der Waals surface area contributed by atoms with Crippen LogP contribution in [0, 0.1) is 0 Å². The third kappa shape index (κ3) is 2.86. The van der Waals surface area contributed by atoms with E-state index in [0.29, 0.717) is 16.9 Å². The topological polar surface area (TPSA) is 89.3 Å². The van der Waals surface area contributed by atoms with Gasteiger partial charge in [-0.1, -0.05) is 0 Å². The molecule has 0 bridgehead atoms. The van der Waals surface area contributed by atoms with Crippen molar-refractivity contribution in [3.63, 3.8) is 0 Å². The van der Waals surface area contributed by atoms with Gasteiger partial charge in [-0.2, -0.15) is 0 Å². The molecule has 13 heavy (non-hydrogen) atoms. The molecule has 0 heterocycles. The van der Waals surface area contributed by atoms with Gasteiger partial charge in [0, 0.05) is 17.5 Å². The van der Waals surface area contributed by atoms with E-state index in [-0.39, 0.29) is 0 Å². The molecule has 4 heteroatoms. The molecular weight excluding hydrogens is 168 g/mol. The monoisotopic (exact) mass is 178 g/mol. The fraction of sp³-hybridized carbons (Fsp3) is 0. The van der Waals surface area contributed by atoms with Crippen LogP contribution in [0.15, 0.2) is 24.3 Å². The quantitative estimate of drug-likeness (QED) is 0.464. The minimum absolute atomic E-state index is 0.519. The molecule has 0 radical (unpaired) electrons. The van der Waals surface area contributed by atoms with E-state index in [0.717, 1.165) is 6.08 Å². The molecule has 0 amide bonds. The Morgan fingerprint density at radius 1 is 1.23 bits per heavy atom. The minimum atomic E-state index is -0.999. The van der Waals surface area contributed by atoms with Crippen LogP contribution in [-0.2, 0) is 4.79 Å². The molecule has 0 unspecified atom stereocenters. The molecule has 0 spiro atoms. The first kappa shape index (κ1) is 9.12. The summed E-state index contributed by atoms with van der Waals surface area (Å²) in [7, 11) is 0. The highest BCUT2D eigenvalue weighted by molar-refractivity contribution is 5.85. The van der Waals surface area contributed by atoms with E-state index < -0.39 is 5.97 Å². The Labute approximate surface area is 75.5 Å². The highest BCUT2D eigenvalue weighted by Crippen LogP contribution is 2.14. The Kier molecular flexibility index (Phi) is 2.54. The molecule has 5 N–H and O–H groups in total. The van der Waals surface area contributed by atoms with Crippen LogP contribution < -0.4 is 11.5 Å². The maximum atomic E-state index is 10.2. The van der Waals surface area contributed by atoms with Gasteiger partial charge in [-0.15, -0.1) is 0 Å². The van der Waals surface area contributed by atoms with Crippen molar-refractivity contribution < 1.29 is 9.90 Å². The van der Waals surface area contributed by atoms with Crippen LogP contribution >= 0.6 is 0 Å². The summed E-state index contributed by atoms with van der Waals surface area (Å²) in [6.45, 7) is 0. The molecule has 0 saturated heterocycles. The average Bonchev–Trinajstić information content (AvgIpc) is 1.99. The maximum Gasteiger partial charge on any atom is 0.328 e. The van der Waals surface area contributed by atoms with Gasteiger partial charge in [-0.25, -0.2) is 4.79 Å². The van der Waals surface area contributed by atoms with Crippen molar-refractivity contribution >= 4 is 23.4 Å². The molecule has 1 aromatic rings. The van der Waals surface area contributed by atoms with E-state index in [2.05, 4.69) is 0 Å². The summed E-state index contributed by atoms with van der Waals surface area (Å²) in [5.41, 5.74) is 12.7. The number of nitrogens with two attached hydrogens (primary N) is 2. The van der Waals surface area contributed by atoms with Crippen LogP contribution in [0.5, 0.6) is 0 Å². The summed E-state index contributed by atoms with van der Waals surface area (Å²) >= 11 is 0. The molecule has 68 valence electrons. The van der Waals surface area contributed by atoms with Crippen molar-refractivity contribution in [2.24, 2.45) is 0 Å². The van der Waals surface area contributed by atoms with Crippen LogP contribution in [0.3, 0.4) is 0 Å². The lowest BCUT2D eigenvalue weighted by atomic mass is 10.1. The molecular formula is C9H10N2O2. The third-order valence-corrected chi connectivity index (χ3v) is 1.42. The molecule has 0 aliphatic carbocycles. The molecule has 1 aromatic carbocycles. The van der Waals surface area contributed by atoms with Gasteiger partial charge in [0.25, 0.3) is 0 Å². The lowest BCUT2D eigenvalue weighted by Gasteiger charge is -1.98. The normalized spacial score (nSPS) is 10.5. The number of anilines is 2. The van der Waals surface area contributed by atoms with Crippen molar-refractivity contribution in [3.05, 3.63) is 29.8 Å². The Morgan fingerprint density at radius 2 is 1.77 bits per heavy atom. The minimum Gasteiger partial charge on any atom is -0.478 e. The van der Waals surface area contributed by atoms with Crippen LogP contribution in [0.4, 0.5) is 11.4 Å². The zero-order valence-electron chi connectivity index (χ0n) is 6.90. The Hall–Kier alpha value is -1.97. The Morgan fingerprint density at radius 3 is 2.23 bits per heavy atom. The van der Waals surface area contributed by atoms with Crippen LogP contribution in [0.25, 0.3) is 6.08 Å². The second kappa shape index (κ2) is 3.62. The highest BCUT2D eigenvalue weighted by Gasteiger charge is 1.93. The molecule has 0 atom stereocenters. The van der Waals surface area contributed by atoms with E-state index >= 15 is 0 Å². The first-order valence-corrected chi connectivity index (χ1v) is 3.65. The number of nitrogen functional groups attached to an aromatic ring is 2. The van der Waals surface area contributed by atoms with E-state index in [1.807, 2.05) is 0 Å². The second-order valence-corrected chi connectivity index (χ2v) is 2.60. The van der Waals surface area contributed by atoms with Crippen LogP contribution in [0.1, 0.15) is 5.56 Å². The molecule has 0 fully saturated rings. The van der Waals surface area contributed by atoms with Crippen molar-refractivity contribution in [2.75, 3.05) is 11.5 Å². The van der Waals surface area contributed by atoms with E-state index in [4.69, 9.17) is 16.6 Å². The van der Waals surface area contributed by atoms with Crippen molar-refractivity contribution in [1.82, 2.24) is 0 Å². The molecule has 0 aliphatic rings. The summed E-state index contributed by atoms with van der Waals surface area (Å²) in [6, 6.07) is 4.91. The van der Waals surface area contributed by atoms with E-state index in [9.17, 15) is 4.79 Å². The number of rotatable bonds is 2. The predicted octanol–water partition coefficient (Wildman–Crippen LogP) is 0.949. The first-order chi connectivity index (χ1) is 6.08. The van der Waals surface area contributed by atoms with Gasteiger partial charge in [0.1, 0.15) is 0 Å². The molecule has 4 nitrogen and oxygen atoms in total. The van der Waals surface area contributed by atoms with Gasteiger partial charge in [-0.3, -0.25) is 0 Å². The van der Waals surface area contributed by atoms with Gasteiger partial charge in [0.15, 0.2) is 0 Å². The van der Waals surface area contributed by atoms with E-state index in [1.54, 1.807) is 18.2 Å². The van der Waals surface area contributed by atoms with Gasteiger partial charge >= 0.3 is 5.97 Å². The SMILES string of the molecule is Nc1cc(N)cc(C=CC(=O)O)c1. The number of carboxylic acid groups (broad SMARTS) is 1. The summed E-state index contributed by atoms with van der Waals surface area (Å²) in [5.74, 6) is -0.999. The van der Waals surface area contributed by atoms with Crippen molar-refractivity contribution in [3.8, 4) is 0 Å². The smallest absolute Gasteiger partial charge is 0.328 e. The largest absolute Gasteiger partial charge is 0.478 e. The van der Waals surface area contributed by atoms with Gasteiger partial charge < -0.3 is 16.6 Å². The van der Waals surface area contributed by atoms with E-state index in [1.165, 1.54) is 6.08 Å². The lowest BCUT2D eigenvalue weighted by molar-refractivity contribution is -0.131. The highest BCUT2D eigenvalue weighted by atomic mass is 16.4. The lowest BCUT2D eigenvalue weighted by Crippen LogP contribution is -1.91. The average molecular weight is 178 g/mol. The summed E-state index contributed by atoms with van der Waals surface area (Å²) in [4.78, 5) is 10.2. The summed E-state index contributed by atoms with van der Waals surface area (Å²) in [6.07, 6.45) is 2.48. The third-order valence-electron chi connectivity index (χ3n) is 1.42. The first-order valence-electron chi connectivity index (χ1n) is 3.65. The standard InChI is InChI=1S/C9H10N2O2/c10-7-3-6(1-2-9(12)13)4-8(11)5-7/h1-5H,10-11H2,(H,12,13). The summed E-state index contributed by atoms with van der Waals surface area (Å²) < 4.78 is 0. The van der Waals surface area contributed by atoms with Gasteiger partial charge in [0.05, 0.1) is 0 Å². The molecule has 0 aliphatic heterocycles. The molecule has 0 aromatic heterocycles. The number of aliphatic carboxylic acids is 1. The molecule has 1 rings (SSSR count). The number of hydrogen-bond acceptors (Lipinski definition) is 3. The van der Waals surface area contributed by atoms with Crippen LogP contribution in [-0.4, -0.2) is 11.1 Å². The zero-order chi connectivity index (χ0) is 9.84. The van der Waals surface area contributed by atoms with Gasteiger partial charge in [0.2, 0.25) is 0 Å². The predicted molar refractivity (Wildman–Crippen MR) is 51.9 cm³/mol. The number of hydrogen-bond donors (Lipinski definition) is 3. The number of carboxylic acids is 1. The second-order valence-electron chi connectivity index (χ2n) is 2.60. The zero-order valence-corrected chi connectivity index (χ0v) is 6.90. The van der Waals surface area contributed by atoms with Gasteiger partial charge in [-0.05, 0) is 29.8 Å². The molecule has 0 saturated carbocycles. The number of benzene rings is 1. The maximum absolute atomic E-state index is 10.2. The fourth-order valence-electron chi connectivity index (χ4n) is 0.966. The number of carbonyl (C=O) groups is 1. The summed E-state index contributed by atoms with van der Waals surface area (Å²) in [5, 5.41) is 8.36. The fourth-order valence-corrected chi connectivity index (χ4v) is 0.966. The van der Waals surface area contributed by atoms with Crippen molar-refractivity contribution in [1.29, 1.82) is 0 Å². The Bertz CT molecular complexity index is 338. The Balaban J connectivity index is 2.95. The van der Waals surface area contributed by atoms with Crippen molar-refractivity contribution in [2.45, 2.75) is 0 Å².